The van der Waals surface area contributed by atoms with Crippen LogP contribution in [-0.4, -0.2) is 5.91 Å². The molecule has 0 radical (unpaired) electrons. The molecule has 0 heterocycles. The average Bonchev–Trinajstić information content (AvgIpc) is 2.48. The normalized spacial score (nSPS) is 11.8. The van der Waals surface area contributed by atoms with Crippen molar-refractivity contribution < 1.29 is 9.53 Å². The molecular weight excluding hydrogens is 276 g/mol. The van der Waals surface area contributed by atoms with Crippen LogP contribution in [0.2, 0.25) is 5.02 Å². The van der Waals surface area contributed by atoms with E-state index in [1.807, 2.05) is 37.3 Å². The minimum absolute atomic E-state index is 0.413. The Bertz CT molecular complexity index is 602. The Labute approximate surface area is 122 Å². The first-order valence-corrected chi connectivity index (χ1v) is 6.48. The summed E-state index contributed by atoms with van der Waals surface area (Å²) >= 11 is 5.97. The van der Waals surface area contributed by atoms with Crippen molar-refractivity contribution in [3.05, 3.63) is 64.7 Å². The van der Waals surface area contributed by atoms with Gasteiger partial charge in [-0.05, 0) is 30.7 Å². The van der Waals surface area contributed by atoms with Crippen molar-refractivity contribution in [2.75, 3.05) is 0 Å². The molecular formula is C15H15ClN2O2. The molecule has 2 aromatic carbocycles. The molecule has 104 valence electrons. The molecule has 0 saturated heterocycles. The summed E-state index contributed by atoms with van der Waals surface area (Å²) in [5.41, 5.74) is 3.72. The monoisotopic (exact) mass is 290 g/mol. The highest BCUT2D eigenvalue weighted by molar-refractivity contribution is 6.31. The summed E-state index contributed by atoms with van der Waals surface area (Å²) in [5.74, 6) is 5.36. The lowest BCUT2D eigenvalue weighted by Gasteiger charge is -2.18. The lowest BCUT2D eigenvalue weighted by atomic mass is 10.1. The molecule has 0 spiro atoms. The number of nitrogens with two attached hydrogens (primary N) is 1. The summed E-state index contributed by atoms with van der Waals surface area (Å²) in [6.45, 7) is 1.87. The second-order valence-corrected chi connectivity index (χ2v) is 4.74. The number of nitrogens with one attached hydrogen (secondary N) is 1. The number of amides is 1. The molecule has 3 N–H and O–H groups in total. The van der Waals surface area contributed by atoms with Gasteiger partial charge < -0.3 is 4.74 Å². The van der Waals surface area contributed by atoms with Gasteiger partial charge in [-0.2, -0.15) is 0 Å². The Kier molecular flexibility index (Phi) is 4.61. The van der Waals surface area contributed by atoms with Crippen LogP contribution in [0.3, 0.4) is 0 Å². The Morgan fingerprint density at radius 3 is 2.55 bits per heavy atom. The largest absolute Gasteiger partial charge is 0.476 e. The van der Waals surface area contributed by atoms with Crippen LogP contribution in [0, 0.1) is 6.92 Å². The molecule has 0 bridgehead atoms. The fraction of sp³-hybridized carbons (Fsp3) is 0.133. The first-order chi connectivity index (χ1) is 9.61. The third-order valence-corrected chi connectivity index (χ3v) is 3.29. The number of halogens is 1. The van der Waals surface area contributed by atoms with Gasteiger partial charge >= 0.3 is 0 Å². The van der Waals surface area contributed by atoms with Crippen LogP contribution in [0.1, 0.15) is 17.2 Å². The van der Waals surface area contributed by atoms with E-state index >= 15 is 0 Å². The fourth-order valence-electron chi connectivity index (χ4n) is 1.80. The number of benzene rings is 2. The smallest absolute Gasteiger partial charge is 0.279 e. The lowest BCUT2D eigenvalue weighted by Crippen LogP contribution is -2.37. The van der Waals surface area contributed by atoms with E-state index in [1.54, 1.807) is 18.2 Å². The Balaban J connectivity index is 2.28. The predicted molar refractivity (Wildman–Crippen MR) is 78.3 cm³/mol. The number of aryl methyl sites for hydroxylation is 1. The van der Waals surface area contributed by atoms with Crippen LogP contribution < -0.4 is 16.0 Å². The van der Waals surface area contributed by atoms with Gasteiger partial charge in [0, 0.05) is 10.6 Å². The average molecular weight is 291 g/mol. The third kappa shape index (κ3) is 3.29. The van der Waals surface area contributed by atoms with E-state index < -0.39 is 12.0 Å². The highest BCUT2D eigenvalue weighted by atomic mass is 35.5. The van der Waals surface area contributed by atoms with Crippen molar-refractivity contribution in [1.29, 1.82) is 0 Å². The SMILES string of the molecule is Cc1cc(OC(C(=O)NN)c2ccccc2)ccc1Cl. The molecule has 1 unspecified atom stereocenters. The summed E-state index contributed by atoms with van der Waals surface area (Å²) in [6.07, 6.45) is -0.804. The Morgan fingerprint density at radius 2 is 1.95 bits per heavy atom. The molecule has 0 aliphatic heterocycles. The van der Waals surface area contributed by atoms with E-state index in [2.05, 4.69) is 5.43 Å². The number of ether oxygens (including phenoxy) is 1. The summed E-state index contributed by atoms with van der Waals surface area (Å²) < 4.78 is 5.74. The molecule has 4 nitrogen and oxygen atoms in total. The Morgan fingerprint density at radius 1 is 1.25 bits per heavy atom. The van der Waals surface area contributed by atoms with Crippen molar-refractivity contribution in [1.82, 2.24) is 5.43 Å². The molecule has 1 atom stereocenters. The van der Waals surface area contributed by atoms with Crippen molar-refractivity contribution in [2.24, 2.45) is 5.84 Å². The number of carbonyl (C=O) groups is 1. The highest BCUT2D eigenvalue weighted by Crippen LogP contribution is 2.26. The second-order valence-electron chi connectivity index (χ2n) is 4.33. The highest BCUT2D eigenvalue weighted by Gasteiger charge is 2.21. The number of hydrazine groups is 1. The van der Waals surface area contributed by atoms with E-state index in [-0.39, 0.29) is 0 Å². The zero-order valence-electron chi connectivity index (χ0n) is 11.0. The van der Waals surface area contributed by atoms with Gasteiger partial charge in [0.05, 0.1) is 0 Å². The Hall–Kier alpha value is -2.04. The predicted octanol–water partition coefficient (Wildman–Crippen LogP) is 2.76. The molecule has 2 aromatic rings. The van der Waals surface area contributed by atoms with Crippen LogP contribution >= 0.6 is 11.6 Å². The molecule has 20 heavy (non-hydrogen) atoms. The quantitative estimate of drug-likeness (QED) is 0.517. The zero-order valence-corrected chi connectivity index (χ0v) is 11.7. The van der Waals surface area contributed by atoms with Crippen molar-refractivity contribution in [2.45, 2.75) is 13.0 Å². The second kappa shape index (κ2) is 6.41. The van der Waals surface area contributed by atoms with Gasteiger partial charge in [0.2, 0.25) is 6.10 Å². The van der Waals surface area contributed by atoms with Crippen LogP contribution in [-0.2, 0) is 4.79 Å². The van der Waals surface area contributed by atoms with Gasteiger partial charge in [-0.15, -0.1) is 0 Å². The van der Waals surface area contributed by atoms with E-state index in [4.69, 9.17) is 22.2 Å². The number of hydrogen-bond donors (Lipinski definition) is 2. The summed E-state index contributed by atoms with van der Waals surface area (Å²) in [7, 11) is 0. The van der Waals surface area contributed by atoms with E-state index in [1.165, 1.54) is 0 Å². The minimum Gasteiger partial charge on any atom is -0.476 e. The van der Waals surface area contributed by atoms with Gasteiger partial charge in [-0.1, -0.05) is 41.9 Å². The number of hydrogen-bond acceptors (Lipinski definition) is 3. The van der Waals surface area contributed by atoms with Gasteiger partial charge in [0.15, 0.2) is 0 Å². The molecule has 1 amide bonds. The van der Waals surface area contributed by atoms with Crippen molar-refractivity contribution in [3.63, 3.8) is 0 Å². The fourth-order valence-corrected chi connectivity index (χ4v) is 1.92. The number of carbonyl (C=O) groups excluding carboxylic acids is 1. The first-order valence-electron chi connectivity index (χ1n) is 6.10. The maximum Gasteiger partial charge on any atom is 0.279 e. The molecule has 2 rings (SSSR count). The van der Waals surface area contributed by atoms with Gasteiger partial charge in [0.1, 0.15) is 5.75 Å². The summed E-state index contributed by atoms with van der Waals surface area (Å²) in [4.78, 5) is 11.9. The topological polar surface area (TPSA) is 64.3 Å². The van der Waals surface area contributed by atoms with E-state index in [0.29, 0.717) is 10.8 Å². The molecule has 0 aromatic heterocycles. The summed E-state index contributed by atoms with van der Waals surface area (Å²) in [5, 5.41) is 0.650. The van der Waals surface area contributed by atoms with E-state index in [9.17, 15) is 4.79 Å². The zero-order chi connectivity index (χ0) is 14.5. The van der Waals surface area contributed by atoms with Crippen molar-refractivity contribution >= 4 is 17.5 Å². The van der Waals surface area contributed by atoms with Crippen molar-refractivity contribution in [3.8, 4) is 5.75 Å². The number of rotatable bonds is 4. The molecule has 0 aliphatic carbocycles. The molecule has 0 fully saturated rings. The minimum atomic E-state index is -0.804. The van der Waals surface area contributed by atoms with E-state index in [0.717, 1.165) is 11.1 Å². The van der Waals surface area contributed by atoms with Crippen LogP contribution in [0.4, 0.5) is 0 Å². The molecule has 0 saturated carbocycles. The lowest BCUT2D eigenvalue weighted by molar-refractivity contribution is -0.128. The first kappa shape index (κ1) is 14.4. The third-order valence-electron chi connectivity index (χ3n) is 2.87. The van der Waals surface area contributed by atoms with Crippen LogP contribution in [0.5, 0.6) is 5.75 Å². The van der Waals surface area contributed by atoms with Gasteiger partial charge in [-0.25, -0.2) is 5.84 Å². The molecule has 5 heteroatoms. The standard InChI is InChI=1S/C15H15ClN2O2/c1-10-9-12(7-8-13(10)16)20-14(15(19)18-17)11-5-3-2-4-6-11/h2-9,14H,17H2,1H3,(H,18,19). The van der Waals surface area contributed by atoms with Crippen LogP contribution in [0.15, 0.2) is 48.5 Å². The van der Waals surface area contributed by atoms with Gasteiger partial charge in [-0.3, -0.25) is 10.2 Å². The van der Waals surface area contributed by atoms with Gasteiger partial charge in [0.25, 0.3) is 5.91 Å². The summed E-state index contributed by atoms with van der Waals surface area (Å²) in [6, 6.07) is 14.4. The maximum atomic E-state index is 11.9. The van der Waals surface area contributed by atoms with Crippen LogP contribution in [0.25, 0.3) is 0 Å². The molecule has 0 aliphatic rings. The maximum absolute atomic E-state index is 11.9.